The maximum atomic E-state index is 12.7. The molecule has 7 heteroatoms. The fourth-order valence-corrected chi connectivity index (χ4v) is 3.52. The summed E-state index contributed by atoms with van der Waals surface area (Å²) in [6.07, 6.45) is 2.59. The second kappa shape index (κ2) is 9.55. The van der Waals surface area contributed by atoms with Crippen LogP contribution in [-0.4, -0.2) is 46.9 Å². The van der Waals surface area contributed by atoms with Gasteiger partial charge in [0.15, 0.2) is 0 Å². The van der Waals surface area contributed by atoms with Crippen LogP contribution in [0.15, 0.2) is 48.7 Å². The number of aromatic nitrogens is 1. The number of carbonyl (C=O) groups is 2. The van der Waals surface area contributed by atoms with Gasteiger partial charge in [0.05, 0.1) is 0 Å². The van der Waals surface area contributed by atoms with Gasteiger partial charge in [-0.15, -0.1) is 0 Å². The van der Waals surface area contributed by atoms with E-state index in [1.54, 1.807) is 29.1 Å². The van der Waals surface area contributed by atoms with Crippen LogP contribution in [0.3, 0.4) is 0 Å². The van der Waals surface area contributed by atoms with Gasteiger partial charge in [0.25, 0.3) is 0 Å². The minimum absolute atomic E-state index is 0.0829. The summed E-state index contributed by atoms with van der Waals surface area (Å²) in [7, 11) is 1.79. The number of benzene rings is 1. The highest BCUT2D eigenvalue weighted by atomic mass is 35.5. The number of carbonyl (C=O) groups excluding carboxylic acids is 2. The number of amides is 2. The standard InChI is InChI=1S/C21H24ClN3O3/c1-24(14-17-7-10-23-19(22)13-17)20(26)18-8-11-25(12-9-18)21(27)28-15-16-5-3-2-4-6-16/h2-7,10,13,18H,8-9,11-12,14-15H2,1H3. The van der Waals surface area contributed by atoms with Crippen molar-refractivity contribution in [2.75, 3.05) is 20.1 Å². The molecule has 148 valence electrons. The van der Waals surface area contributed by atoms with Gasteiger partial charge in [0.2, 0.25) is 5.91 Å². The molecule has 6 nitrogen and oxygen atoms in total. The third kappa shape index (κ3) is 5.45. The zero-order valence-electron chi connectivity index (χ0n) is 15.9. The van der Waals surface area contributed by atoms with Crippen molar-refractivity contribution in [3.05, 3.63) is 64.9 Å². The molecule has 0 unspecified atom stereocenters. The third-order valence-corrected chi connectivity index (χ3v) is 5.10. The first-order valence-electron chi connectivity index (χ1n) is 9.34. The SMILES string of the molecule is CN(Cc1ccnc(Cl)c1)C(=O)C1CCN(C(=O)OCc2ccccc2)CC1. The molecule has 1 fully saturated rings. The van der Waals surface area contributed by atoms with Crippen LogP contribution in [-0.2, 0) is 22.7 Å². The van der Waals surface area contributed by atoms with Crippen LogP contribution in [0.25, 0.3) is 0 Å². The molecule has 28 heavy (non-hydrogen) atoms. The summed E-state index contributed by atoms with van der Waals surface area (Å²) >= 11 is 5.90. The summed E-state index contributed by atoms with van der Waals surface area (Å²) in [4.78, 5) is 32.3. The number of pyridine rings is 1. The van der Waals surface area contributed by atoms with E-state index in [0.29, 0.717) is 37.6 Å². The first-order valence-corrected chi connectivity index (χ1v) is 9.72. The Bertz CT molecular complexity index is 808. The van der Waals surface area contributed by atoms with Gasteiger partial charge in [-0.1, -0.05) is 41.9 Å². The van der Waals surface area contributed by atoms with Crippen molar-refractivity contribution >= 4 is 23.6 Å². The summed E-state index contributed by atoms with van der Waals surface area (Å²) < 4.78 is 5.37. The molecule has 0 bridgehead atoms. The van der Waals surface area contributed by atoms with Gasteiger partial charge in [-0.25, -0.2) is 9.78 Å². The number of rotatable bonds is 5. The number of hydrogen-bond donors (Lipinski definition) is 0. The average molecular weight is 402 g/mol. The largest absolute Gasteiger partial charge is 0.445 e. The molecular formula is C21H24ClN3O3. The highest BCUT2D eigenvalue weighted by Gasteiger charge is 2.29. The molecule has 1 aliphatic rings. The molecule has 3 rings (SSSR count). The smallest absolute Gasteiger partial charge is 0.410 e. The molecule has 0 atom stereocenters. The Morgan fingerprint density at radius 1 is 1.18 bits per heavy atom. The predicted octanol–water partition coefficient (Wildman–Crippen LogP) is 3.74. The topological polar surface area (TPSA) is 62.7 Å². The molecule has 1 aromatic carbocycles. The lowest BCUT2D eigenvalue weighted by Crippen LogP contribution is -2.43. The van der Waals surface area contributed by atoms with E-state index in [4.69, 9.17) is 16.3 Å². The van der Waals surface area contributed by atoms with E-state index in [2.05, 4.69) is 4.98 Å². The lowest BCUT2D eigenvalue weighted by Gasteiger charge is -2.32. The molecule has 0 spiro atoms. The van der Waals surface area contributed by atoms with E-state index in [1.165, 1.54) is 0 Å². The third-order valence-electron chi connectivity index (χ3n) is 4.89. The van der Waals surface area contributed by atoms with Gasteiger partial charge in [-0.3, -0.25) is 4.79 Å². The summed E-state index contributed by atoms with van der Waals surface area (Å²) in [6, 6.07) is 13.2. The maximum Gasteiger partial charge on any atom is 0.410 e. The van der Waals surface area contributed by atoms with E-state index in [1.807, 2.05) is 36.4 Å². The first-order chi connectivity index (χ1) is 13.5. The van der Waals surface area contributed by atoms with Gasteiger partial charge in [-0.2, -0.15) is 0 Å². The highest BCUT2D eigenvalue weighted by Crippen LogP contribution is 2.21. The Hall–Kier alpha value is -2.60. The molecule has 2 aromatic rings. The Morgan fingerprint density at radius 3 is 2.57 bits per heavy atom. The molecule has 2 heterocycles. The maximum absolute atomic E-state index is 12.7. The Morgan fingerprint density at radius 2 is 1.89 bits per heavy atom. The number of halogens is 1. The van der Waals surface area contributed by atoms with Crippen molar-refractivity contribution in [2.45, 2.75) is 26.0 Å². The minimum atomic E-state index is -0.325. The Labute approximate surface area is 170 Å². The van der Waals surface area contributed by atoms with Crippen molar-refractivity contribution in [2.24, 2.45) is 5.92 Å². The summed E-state index contributed by atoms with van der Waals surface area (Å²) in [5.74, 6) is 0.00530. The zero-order chi connectivity index (χ0) is 19.9. The van der Waals surface area contributed by atoms with Crippen LogP contribution < -0.4 is 0 Å². The minimum Gasteiger partial charge on any atom is -0.445 e. The normalized spacial score (nSPS) is 14.6. The lowest BCUT2D eigenvalue weighted by molar-refractivity contribution is -0.136. The zero-order valence-corrected chi connectivity index (χ0v) is 16.6. The molecule has 2 amide bonds. The fraction of sp³-hybridized carbons (Fsp3) is 0.381. The molecular weight excluding hydrogens is 378 g/mol. The van der Waals surface area contributed by atoms with Gasteiger partial charge in [0.1, 0.15) is 11.8 Å². The average Bonchev–Trinajstić information content (AvgIpc) is 2.72. The number of piperidine rings is 1. The van der Waals surface area contributed by atoms with Crippen LogP contribution in [0.5, 0.6) is 0 Å². The van der Waals surface area contributed by atoms with Crippen molar-refractivity contribution < 1.29 is 14.3 Å². The number of ether oxygens (including phenoxy) is 1. The van der Waals surface area contributed by atoms with Gasteiger partial charge in [-0.05, 0) is 36.1 Å². The van der Waals surface area contributed by atoms with Crippen LogP contribution in [0.4, 0.5) is 4.79 Å². The van der Waals surface area contributed by atoms with E-state index in [9.17, 15) is 9.59 Å². The number of likely N-dealkylation sites (tertiary alicyclic amines) is 1. The summed E-state index contributed by atoms with van der Waals surface area (Å²) in [5.41, 5.74) is 1.90. The monoisotopic (exact) mass is 401 g/mol. The lowest BCUT2D eigenvalue weighted by atomic mass is 9.95. The second-order valence-corrected chi connectivity index (χ2v) is 7.37. The molecule has 1 aliphatic heterocycles. The van der Waals surface area contributed by atoms with Crippen LogP contribution >= 0.6 is 11.6 Å². The van der Waals surface area contributed by atoms with E-state index in [-0.39, 0.29) is 24.5 Å². The number of hydrogen-bond acceptors (Lipinski definition) is 4. The van der Waals surface area contributed by atoms with Crippen molar-refractivity contribution in [3.8, 4) is 0 Å². The van der Waals surface area contributed by atoms with E-state index in [0.717, 1.165) is 11.1 Å². The molecule has 0 saturated carbocycles. The van der Waals surface area contributed by atoms with Gasteiger partial charge < -0.3 is 14.5 Å². The van der Waals surface area contributed by atoms with Crippen LogP contribution in [0, 0.1) is 5.92 Å². The summed E-state index contributed by atoms with van der Waals surface area (Å²) in [5, 5.41) is 0.417. The first kappa shape index (κ1) is 20.1. The Kier molecular flexibility index (Phi) is 6.87. The van der Waals surface area contributed by atoms with Gasteiger partial charge in [0, 0.05) is 38.8 Å². The molecule has 1 aromatic heterocycles. The van der Waals surface area contributed by atoms with Crippen LogP contribution in [0.1, 0.15) is 24.0 Å². The molecule has 0 N–H and O–H groups in total. The Balaban J connectivity index is 1.44. The van der Waals surface area contributed by atoms with Crippen molar-refractivity contribution in [1.29, 1.82) is 0 Å². The summed E-state index contributed by atoms with van der Waals surface area (Å²) in [6.45, 7) is 1.80. The molecule has 0 radical (unpaired) electrons. The second-order valence-electron chi connectivity index (χ2n) is 6.98. The fourth-order valence-electron chi connectivity index (χ4n) is 3.32. The predicted molar refractivity (Wildman–Crippen MR) is 107 cm³/mol. The molecule has 1 saturated heterocycles. The van der Waals surface area contributed by atoms with Crippen molar-refractivity contribution in [1.82, 2.24) is 14.8 Å². The quantitative estimate of drug-likeness (QED) is 0.716. The van der Waals surface area contributed by atoms with Gasteiger partial charge >= 0.3 is 6.09 Å². The molecule has 0 aliphatic carbocycles. The van der Waals surface area contributed by atoms with E-state index < -0.39 is 0 Å². The number of nitrogens with zero attached hydrogens (tertiary/aromatic N) is 3. The highest BCUT2D eigenvalue weighted by molar-refractivity contribution is 6.29. The van der Waals surface area contributed by atoms with E-state index >= 15 is 0 Å². The van der Waals surface area contributed by atoms with Crippen molar-refractivity contribution in [3.63, 3.8) is 0 Å². The van der Waals surface area contributed by atoms with Crippen LogP contribution in [0.2, 0.25) is 5.15 Å².